The summed E-state index contributed by atoms with van der Waals surface area (Å²) >= 11 is 0. The van der Waals surface area contributed by atoms with Gasteiger partial charge in [0, 0.05) is 12.5 Å². The maximum absolute atomic E-state index is 12.9. The fraction of sp³-hybridized carbons (Fsp3) is 0.724. The number of esters is 1. The molecule has 0 aliphatic rings. The average molecular weight is 508 g/mol. The van der Waals surface area contributed by atoms with Crippen molar-refractivity contribution in [3.05, 3.63) is 35.9 Å². The standard InChI is InChI=1S/C29H49NO6/c1-8-19-34-26(24(22(4)31)18-17-21(2)3)16-12-15-25(30-28(33)36-29(5,6)7)27(32)35-20-23-13-10-9-11-14-23/h9-11,13-14,21-22,24-26,31H,8,12,15-20H2,1-7H3,(H,30,33). The Morgan fingerprint density at radius 1 is 1.00 bits per heavy atom. The number of aliphatic hydroxyl groups is 1. The van der Waals surface area contributed by atoms with Gasteiger partial charge in [-0.05, 0) is 71.3 Å². The first-order chi connectivity index (χ1) is 16.9. The third kappa shape index (κ3) is 13.8. The van der Waals surface area contributed by atoms with E-state index in [-0.39, 0.29) is 18.6 Å². The molecular formula is C29H49NO6. The van der Waals surface area contributed by atoms with E-state index in [1.807, 2.05) is 37.3 Å². The first-order valence-corrected chi connectivity index (χ1v) is 13.4. The zero-order valence-electron chi connectivity index (χ0n) is 23.4. The lowest BCUT2D eigenvalue weighted by Gasteiger charge is -2.30. The Bertz CT molecular complexity index is 744. The number of nitrogens with one attached hydrogen (secondary N) is 1. The first kappa shape index (κ1) is 31.9. The maximum Gasteiger partial charge on any atom is 0.408 e. The fourth-order valence-corrected chi connectivity index (χ4v) is 4.00. The first-order valence-electron chi connectivity index (χ1n) is 13.4. The van der Waals surface area contributed by atoms with Crippen molar-refractivity contribution in [1.82, 2.24) is 5.32 Å². The zero-order valence-corrected chi connectivity index (χ0v) is 23.4. The molecule has 0 saturated heterocycles. The molecule has 2 N–H and O–H groups in total. The summed E-state index contributed by atoms with van der Waals surface area (Å²) < 4.78 is 17.0. The van der Waals surface area contributed by atoms with Crippen LogP contribution in [0, 0.1) is 11.8 Å². The molecule has 206 valence electrons. The molecule has 1 amide bonds. The molecule has 1 rings (SSSR count). The molecule has 7 nitrogen and oxygen atoms in total. The second kappa shape index (κ2) is 16.6. The number of aliphatic hydroxyl groups excluding tert-OH is 1. The lowest BCUT2D eigenvalue weighted by molar-refractivity contribution is -0.147. The van der Waals surface area contributed by atoms with E-state index in [2.05, 4.69) is 26.1 Å². The lowest BCUT2D eigenvalue weighted by Crippen LogP contribution is -2.44. The summed E-state index contributed by atoms with van der Waals surface area (Å²) in [5.74, 6) is 0.0590. The van der Waals surface area contributed by atoms with Gasteiger partial charge in [0.05, 0.1) is 12.2 Å². The van der Waals surface area contributed by atoms with Gasteiger partial charge in [-0.25, -0.2) is 9.59 Å². The molecule has 0 aromatic heterocycles. The Hall–Kier alpha value is -2.12. The quantitative estimate of drug-likeness (QED) is 0.266. The third-order valence-electron chi connectivity index (χ3n) is 5.89. The van der Waals surface area contributed by atoms with Crippen LogP contribution in [0.25, 0.3) is 0 Å². The van der Waals surface area contributed by atoms with E-state index >= 15 is 0 Å². The number of alkyl carbamates (subject to hydrolysis) is 1. The normalized spacial score (nSPS) is 15.1. The zero-order chi connectivity index (χ0) is 27.1. The van der Waals surface area contributed by atoms with E-state index in [1.165, 1.54) is 0 Å². The van der Waals surface area contributed by atoms with Crippen LogP contribution in [0.1, 0.15) is 92.6 Å². The highest BCUT2D eigenvalue weighted by Crippen LogP contribution is 2.26. The van der Waals surface area contributed by atoms with Crippen LogP contribution in [0.4, 0.5) is 4.79 Å². The van der Waals surface area contributed by atoms with Crippen LogP contribution in [0.15, 0.2) is 30.3 Å². The van der Waals surface area contributed by atoms with Crippen molar-refractivity contribution >= 4 is 12.1 Å². The highest BCUT2D eigenvalue weighted by Gasteiger charge is 2.29. The molecule has 0 bridgehead atoms. The van der Waals surface area contributed by atoms with Crippen molar-refractivity contribution in [2.45, 2.75) is 117 Å². The number of hydrogen-bond acceptors (Lipinski definition) is 6. The van der Waals surface area contributed by atoms with Crippen molar-refractivity contribution in [1.29, 1.82) is 0 Å². The van der Waals surface area contributed by atoms with E-state index in [0.717, 1.165) is 24.8 Å². The summed E-state index contributed by atoms with van der Waals surface area (Å²) in [6.45, 7) is 14.3. The monoisotopic (exact) mass is 507 g/mol. The minimum Gasteiger partial charge on any atom is -0.459 e. The molecule has 0 radical (unpaired) electrons. The molecule has 7 heteroatoms. The molecule has 0 heterocycles. The van der Waals surface area contributed by atoms with Crippen LogP contribution in [-0.4, -0.2) is 47.6 Å². The van der Waals surface area contributed by atoms with Gasteiger partial charge in [0.25, 0.3) is 0 Å². The molecule has 36 heavy (non-hydrogen) atoms. The number of hydrogen-bond donors (Lipinski definition) is 2. The third-order valence-corrected chi connectivity index (χ3v) is 5.89. The topological polar surface area (TPSA) is 94.1 Å². The lowest BCUT2D eigenvalue weighted by atomic mass is 9.86. The summed E-state index contributed by atoms with van der Waals surface area (Å²) in [5.41, 5.74) is 0.197. The molecule has 4 atom stereocenters. The van der Waals surface area contributed by atoms with Crippen molar-refractivity contribution in [2.24, 2.45) is 11.8 Å². The van der Waals surface area contributed by atoms with E-state index < -0.39 is 29.8 Å². The summed E-state index contributed by atoms with van der Waals surface area (Å²) in [6.07, 6.45) is 3.20. The number of ether oxygens (including phenoxy) is 3. The Morgan fingerprint density at radius 3 is 2.22 bits per heavy atom. The maximum atomic E-state index is 12.9. The van der Waals surface area contributed by atoms with Gasteiger partial charge in [-0.1, -0.05) is 57.5 Å². The van der Waals surface area contributed by atoms with Gasteiger partial charge in [0.15, 0.2) is 0 Å². The number of benzene rings is 1. The summed E-state index contributed by atoms with van der Waals surface area (Å²) in [7, 11) is 0. The van der Waals surface area contributed by atoms with Gasteiger partial charge in [0.2, 0.25) is 0 Å². The summed E-state index contributed by atoms with van der Waals surface area (Å²) in [5, 5.41) is 13.2. The highest BCUT2D eigenvalue weighted by atomic mass is 16.6. The van der Waals surface area contributed by atoms with Crippen molar-refractivity contribution in [2.75, 3.05) is 6.61 Å². The molecular weight excluding hydrogens is 458 g/mol. The van der Waals surface area contributed by atoms with Gasteiger partial charge < -0.3 is 24.6 Å². The number of carbonyl (C=O) groups is 2. The van der Waals surface area contributed by atoms with E-state index in [9.17, 15) is 14.7 Å². The largest absolute Gasteiger partial charge is 0.459 e. The Kier molecular flexibility index (Phi) is 14.7. The average Bonchev–Trinajstić information content (AvgIpc) is 2.78. The van der Waals surface area contributed by atoms with Gasteiger partial charge in [0.1, 0.15) is 18.2 Å². The fourth-order valence-electron chi connectivity index (χ4n) is 4.00. The van der Waals surface area contributed by atoms with E-state index in [1.54, 1.807) is 20.8 Å². The van der Waals surface area contributed by atoms with Gasteiger partial charge in [-0.2, -0.15) is 0 Å². The highest BCUT2D eigenvalue weighted by molar-refractivity contribution is 5.81. The van der Waals surface area contributed by atoms with Gasteiger partial charge in [-0.3, -0.25) is 0 Å². The predicted octanol–water partition coefficient (Wildman–Crippen LogP) is 6.02. The van der Waals surface area contributed by atoms with Gasteiger partial charge >= 0.3 is 12.1 Å². The Labute approximate surface area is 218 Å². The molecule has 4 unspecified atom stereocenters. The Morgan fingerprint density at radius 2 is 1.67 bits per heavy atom. The van der Waals surface area contributed by atoms with Crippen LogP contribution >= 0.6 is 0 Å². The van der Waals surface area contributed by atoms with Crippen molar-refractivity contribution < 1.29 is 28.9 Å². The van der Waals surface area contributed by atoms with Crippen molar-refractivity contribution in [3.8, 4) is 0 Å². The Balaban J connectivity index is 2.86. The smallest absolute Gasteiger partial charge is 0.408 e. The second-order valence-corrected chi connectivity index (χ2v) is 11.0. The van der Waals surface area contributed by atoms with Crippen LogP contribution in [0.3, 0.4) is 0 Å². The second-order valence-electron chi connectivity index (χ2n) is 11.0. The summed E-state index contributed by atoms with van der Waals surface area (Å²) in [4.78, 5) is 25.4. The van der Waals surface area contributed by atoms with Crippen LogP contribution < -0.4 is 5.32 Å². The molecule has 1 aromatic carbocycles. The van der Waals surface area contributed by atoms with Crippen LogP contribution in [-0.2, 0) is 25.6 Å². The minimum absolute atomic E-state index is 0.0150. The predicted molar refractivity (Wildman–Crippen MR) is 143 cm³/mol. The van der Waals surface area contributed by atoms with Crippen LogP contribution in [0.2, 0.25) is 0 Å². The van der Waals surface area contributed by atoms with Crippen LogP contribution in [0.5, 0.6) is 0 Å². The molecule has 0 saturated carbocycles. The molecule has 0 aliphatic heterocycles. The van der Waals surface area contributed by atoms with Crippen molar-refractivity contribution in [3.63, 3.8) is 0 Å². The van der Waals surface area contributed by atoms with E-state index in [4.69, 9.17) is 14.2 Å². The van der Waals surface area contributed by atoms with Gasteiger partial charge in [-0.15, -0.1) is 0 Å². The minimum atomic E-state index is -0.837. The number of carbonyl (C=O) groups excluding carboxylic acids is 2. The van der Waals surface area contributed by atoms with E-state index in [0.29, 0.717) is 31.8 Å². The molecule has 0 spiro atoms. The summed E-state index contributed by atoms with van der Waals surface area (Å²) in [6, 6.07) is 8.59. The molecule has 0 fully saturated rings. The molecule has 1 aromatic rings. The molecule has 0 aliphatic carbocycles. The number of amides is 1. The SMILES string of the molecule is CCCOC(CCCC(NC(=O)OC(C)(C)C)C(=O)OCc1ccccc1)C(CCC(C)C)C(C)O. The number of rotatable bonds is 16.